The summed E-state index contributed by atoms with van der Waals surface area (Å²) in [7, 11) is 1.75. The number of hydrogen-bond acceptors (Lipinski definition) is 2. The van der Waals surface area contributed by atoms with E-state index < -0.39 is 5.97 Å². The molecule has 0 fully saturated rings. The minimum atomic E-state index is -1.09. The first kappa shape index (κ1) is 8.55. The number of aromatic nitrogens is 2. The van der Waals surface area contributed by atoms with Gasteiger partial charge in [0.05, 0.1) is 5.56 Å². The molecule has 2 aromatic heterocycles. The van der Waals surface area contributed by atoms with Crippen LogP contribution < -0.4 is 5.56 Å². The zero-order chi connectivity index (χ0) is 10.3. The van der Waals surface area contributed by atoms with Crippen molar-refractivity contribution in [3.05, 3.63) is 40.4 Å². The average Bonchev–Trinajstić information content (AvgIpc) is 2.48. The summed E-state index contributed by atoms with van der Waals surface area (Å²) in [5.74, 6) is -1.09. The summed E-state index contributed by atoms with van der Waals surface area (Å²) in [5, 5.41) is 8.74. The molecule has 0 amide bonds. The molecular formula is C9H8N2O3. The molecule has 72 valence electrons. The number of fused-ring (bicyclic) bond motifs is 1. The number of pyridine rings is 1. The van der Waals surface area contributed by atoms with Crippen LogP contribution in [0.25, 0.3) is 5.65 Å². The van der Waals surface area contributed by atoms with E-state index in [-0.39, 0.29) is 11.1 Å². The van der Waals surface area contributed by atoms with E-state index in [0.29, 0.717) is 5.65 Å². The molecule has 0 aliphatic carbocycles. The molecular weight excluding hydrogens is 184 g/mol. The maximum atomic E-state index is 11.4. The molecule has 5 nitrogen and oxygen atoms in total. The van der Waals surface area contributed by atoms with E-state index in [4.69, 9.17) is 5.11 Å². The molecule has 2 heterocycles. The van der Waals surface area contributed by atoms with Gasteiger partial charge >= 0.3 is 5.97 Å². The van der Waals surface area contributed by atoms with Gasteiger partial charge in [-0.05, 0) is 6.07 Å². The van der Waals surface area contributed by atoms with Gasteiger partial charge in [0.2, 0.25) is 0 Å². The van der Waals surface area contributed by atoms with Crippen molar-refractivity contribution in [1.82, 2.24) is 8.97 Å². The zero-order valence-corrected chi connectivity index (χ0v) is 7.47. The Bertz CT molecular complexity index is 565. The fraction of sp³-hybridized carbons (Fsp3) is 0.111. The summed E-state index contributed by atoms with van der Waals surface area (Å²) in [6.07, 6.45) is 3.30. The molecule has 0 spiro atoms. The lowest BCUT2D eigenvalue weighted by Crippen LogP contribution is -2.14. The van der Waals surface area contributed by atoms with Crippen molar-refractivity contribution in [2.45, 2.75) is 0 Å². The van der Waals surface area contributed by atoms with Crippen molar-refractivity contribution < 1.29 is 9.90 Å². The standard InChI is InChI=1S/C9H8N2O3/c1-10-2-3-11-7(10)4-6(9(13)14)5-8(11)12/h2-5H,1H3,(H,13,14). The van der Waals surface area contributed by atoms with E-state index in [1.807, 2.05) is 0 Å². The minimum absolute atomic E-state index is 0.0109. The lowest BCUT2D eigenvalue weighted by molar-refractivity contribution is 0.0696. The fourth-order valence-electron chi connectivity index (χ4n) is 1.35. The molecule has 0 bridgehead atoms. The summed E-state index contributed by atoms with van der Waals surface area (Å²) in [5.41, 5.74) is 0.243. The van der Waals surface area contributed by atoms with Crippen LogP contribution in [0.2, 0.25) is 0 Å². The van der Waals surface area contributed by atoms with Crippen molar-refractivity contribution in [3.8, 4) is 0 Å². The van der Waals surface area contributed by atoms with Gasteiger partial charge in [0.25, 0.3) is 5.56 Å². The van der Waals surface area contributed by atoms with Crippen LogP contribution in [0.15, 0.2) is 29.3 Å². The predicted molar refractivity (Wildman–Crippen MR) is 49.6 cm³/mol. The van der Waals surface area contributed by atoms with E-state index in [0.717, 1.165) is 6.07 Å². The van der Waals surface area contributed by atoms with Crippen LogP contribution in [0, 0.1) is 0 Å². The van der Waals surface area contributed by atoms with Gasteiger partial charge in [-0.1, -0.05) is 0 Å². The highest BCUT2D eigenvalue weighted by atomic mass is 16.4. The Morgan fingerprint density at radius 1 is 1.36 bits per heavy atom. The van der Waals surface area contributed by atoms with Gasteiger partial charge in [0.15, 0.2) is 0 Å². The largest absolute Gasteiger partial charge is 0.478 e. The first-order valence-electron chi connectivity index (χ1n) is 4.00. The second kappa shape index (κ2) is 2.73. The number of aromatic carboxylic acids is 1. The SMILES string of the molecule is Cn1ccn2c(=O)cc(C(=O)O)cc12. The van der Waals surface area contributed by atoms with Gasteiger partial charge in [-0.2, -0.15) is 0 Å². The highest BCUT2D eigenvalue weighted by Crippen LogP contribution is 2.04. The Morgan fingerprint density at radius 3 is 2.71 bits per heavy atom. The van der Waals surface area contributed by atoms with Crippen LogP contribution in [-0.4, -0.2) is 20.0 Å². The van der Waals surface area contributed by atoms with E-state index in [1.54, 1.807) is 24.0 Å². The van der Waals surface area contributed by atoms with Crippen LogP contribution in [0.4, 0.5) is 0 Å². The third-order valence-corrected chi connectivity index (χ3v) is 2.10. The zero-order valence-electron chi connectivity index (χ0n) is 7.47. The molecule has 0 saturated heterocycles. The number of carboxylic acids is 1. The molecule has 1 N–H and O–H groups in total. The highest BCUT2D eigenvalue weighted by molar-refractivity contribution is 5.88. The molecule has 0 aromatic carbocycles. The van der Waals surface area contributed by atoms with Gasteiger partial charge in [-0.15, -0.1) is 0 Å². The minimum Gasteiger partial charge on any atom is -0.478 e. The number of imidazole rings is 1. The van der Waals surface area contributed by atoms with Crippen molar-refractivity contribution in [3.63, 3.8) is 0 Å². The first-order chi connectivity index (χ1) is 6.59. The average molecular weight is 192 g/mol. The number of hydrogen-bond donors (Lipinski definition) is 1. The molecule has 2 aromatic rings. The molecule has 14 heavy (non-hydrogen) atoms. The molecule has 5 heteroatoms. The van der Waals surface area contributed by atoms with E-state index in [9.17, 15) is 9.59 Å². The van der Waals surface area contributed by atoms with Crippen LogP contribution >= 0.6 is 0 Å². The maximum Gasteiger partial charge on any atom is 0.336 e. The quantitative estimate of drug-likeness (QED) is 0.708. The molecule has 2 rings (SSSR count). The fourth-order valence-corrected chi connectivity index (χ4v) is 1.35. The van der Waals surface area contributed by atoms with Gasteiger partial charge < -0.3 is 9.67 Å². The smallest absolute Gasteiger partial charge is 0.336 e. The Kier molecular flexibility index (Phi) is 1.67. The first-order valence-corrected chi connectivity index (χ1v) is 4.00. The lowest BCUT2D eigenvalue weighted by atomic mass is 10.2. The summed E-state index contributed by atoms with van der Waals surface area (Å²) in [6.45, 7) is 0. The van der Waals surface area contributed by atoms with Gasteiger partial charge in [-0.25, -0.2) is 4.79 Å². The van der Waals surface area contributed by atoms with Crippen LogP contribution in [0.5, 0.6) is 0 Å². The number of nitrogens with zero attached hydrogens (tertiary/aromatic N) is 2. The predicted octanol–water partition coefficient (Wildman–Crippen LogP) is 0.336. The lowest BCUT2D eigenvalue weighted by Gasteiger charge is -1.98. The molecule has 0 aliphatic rings. The summed E-state index contributed by atoms with van der Waals surface area (Å²) in [6, 6.07) is 2.57. The number of aryl methyl sites for hydroxylation is 1. The van der Waals surface area contributed by atoms with Gasteiger partial charge in [-0.3, -0.25) is 9.20 Å². The van der Waals surface area contributed by atoms with Crippen LogP contribution in [0.1, 0.15) is 10.4 Å². The van der Waals surface area contributed by atoms with Crippen LogP contribution in [-0.2, 0) is 7.05 Å². The monoisotopic (exact) mass is 192 g/mol. The third-order valence-electron chi connectivity index (χ3n) is 2.10. The molecule has 0 radical (unpaired) electrons. The van der Waals surface area contributed by atoms with Gasteiger partial charge in [0.1, 0.15) is 5.65 Å². The molecule has 0 unspecified atom stereocenters. The summed E-state index contributed by atoms with van der Waals surface area (Å²) in [4.78, 5) is 22.1. The number of carbonyl (C=O) groups is 1. The number of carboxylic acid groups (broad SMARTS) is 1. The second-order valence-corrected chi connectivity index (χ2v) is 3.02. The normalized spacial score (nSPS) is 10.6. The van der Waals surface area contributed by atoms with Crippen molar-refractivity contribution >= 4 is 11.6 Å². The Labute approximate surface area is 78.8 Å². The second-order valence-electron chi connectivity index (χ2n) is 3.02. The Balaban J connectivity index is 2.89. The third kappa shape index (κ3) is 1.10. The molecule has 0 atom stereocenters. The Morgan fingerprint density at radius 2 is 2.07 bits per heavy atom. The van der Waals surface area contributed by atoms with Gasteiger partial charge in [0, 0.05) is 25.5 Å². The van der Waals surface area contributed by atoms with E-state index in [2.05, 4.69) is 0 Å². The van der Waals surface area contributed by atoms with Crippen molar-refractivity contribution in [1.29, 1.82) is 0 Å². The van der Waals surface area contributed by atoms with Crippen molar-refractivity contribution in [2.24, 2.45) is 7.05 Å². The van der Waals surface area contributed by atoms with E-state index in [1.165, 1.54) is 10.5 Å². The summed E-state index contributed by atoms with van der Waals surface area (Å²) >= 11 is 0. The number of rotatable bonds is 1. The molecule has 0 aliphatic heterocycles. The summed E-state index contributed by atoms with van der Waals surface area (Å²) < 4.78 is 3.08. The highest BCUT2D eigenvalue weighted by Gasteiger charge is 2.07. The topological polar surface area (TPSA) is 63.7 Å². The maximum absolute atomic E-state index is 11.4. The van der Waals surface area contributed by atoms with Crippen molar-refractivity contribution in [2.75, 3.05) is 0 Å². The van der Waals surface area contributed by atoms with E-state index >= 15 is 0 Å². The van der Waals surface area contributed by atoms with Crippen LogP contribution in [0.3, 0.4) is 0 Å². The Hall–Kier alpha value is -2.04. The molecule has 0 saturated carbocycles.